The number of rotatable bonds is 4. The third-order valence-electron chi connectivity index (χ3n) is 2.68. The minimum absolute atomic E-state index is 0.0196. The molecular formula is C15H14O4. The first-order chi connectivity index (χ1) is 9.08. The Bertz CT molecular complexity index is 567. The van der Waals surface area contributed by atoms with Crippen LogP contribution in [0.15, 0.2) is 42.5 Å². The minimum Gasteiger partial charge on any atom is -0.504 e. The number of benzene rings is 2. The molecule has 0 heterocycles. The lowest BCUT2D eigenvalue weighted by Gasteiger charge is -2.11. The second-order valence-corrected chi connectivity index (χ2v) is 4.17. The van der Waals surface area contributed by atoms with Crippen molar-refractivity contribution in [2.75, 3.05) is 0 Å². The molecule has 0 aromatic heterocycles. The van der Waals surface area contributed by atoms with E-state index in [-0.39, 0.29) is 35.2 Å². The van der Waals surface area contributed by atoms with Gasteiger partial charge in [-0.1, -0.05) is 30.3 Å². The Morgan fingerprint density at radius 1 is 1.11 bits per heavy atom. The molecule has 0 saturated heterocycles. The summed E-state index contributed by atoms with van der Waals surface area (Å²) in [7, 11) is 0. The predicted molar refractivity (Wildman–Crippen MR) is 70.6 cm³/mol. The van der Waals surface area contributed by atoms with E-state index < -0.39 is 0 Å². The van der Waals surface area contributed by atoms with E-state index >= 15 is 0 Å². The number of aromatic hydroxyl groups is 2. The Hall–Kier alpha value is -2.49. The van der Waals surface area contributed by atoms with E-state index in [1.165, 1.54) is 19.1 Å². The van der Waals surface area contributed by atoms with Crippen LogP contribution in [-0.2, 0) is 6.61 Å². The Kier molecular flexibility index (Phi) is 3.71. The number of Topliss-reactive ketones (excluding diaryl/α,β-unsaturated/α-hetero) is 1. The average Bonchev–Trinajstić information content (AvgIpc) is 2.38. The van der Waals surface area contributed by atoms with Gasteiger partial charge in [-0.05, 0) is 24.6 Å². The molecule has 0 atom stereocenters. The molecule has 2 N–H and O–H groups in total. The fraction of sp³-hybridized carbons (Fsp3) is 0.133. The van der Waals surface area contributed by atoms with Crippen molar-refractivity contribution in [3.8, 4) is 17.2 Å². The molecule has 0 aliphatic heterocycles. The highest BCUT2D eigenvalue weighted by Gasteiger charge is 2.13. The summed E-state index contributed by atoms with van der Waals surface area (Å²) in [6, 6.07) is 11.9. The monoisotopic (exact) mass is 258 g/mol. The van der Waals surface area contributed by atoms with E-state index in [1.54, 1.807) is 0 Å². The van der Waals surface area contributed by atoms with Gasteiger partial charge in [0.05, 0.1) is 0 Å². The highest BCUT2D eigenvalue weighted by molar-refractivity contribution is 5.95. The lowest BCUT2D eigenvalue weighted by Crippen LogP contribution is -1.98. The molecular weight excluding hydrogens is 244 g/mol. The minimum atomic E-state index is -0.249. The van der Waals surface area contributed by atoms with Crippen LogP contribution in [0.1, 0.15) is 22.8 Å². The van der Waals surface area contributed by atoms with Crippen molar-refractivity contribution in [3.05, 3.63) is 53.6 Å². The first kappa shape index (κ1) is 13.0. The predicted octanol–water partition coefficient (Wildman–Crippen LogP) is 2.88. The third-order valence-corrected chi connectivity index (χ3v) is 2.68. The number of carbonyl (C=O) groups excluding carboxylic acids is 1. The molecule has 0 aliphatic carbocycles. The van der Waals surface area contributed by atoms with Crippen LogP contribution in [-0.4, -0.2) is 16.0 Å². The van der Waals surface area contributed by atoms with Crippen LogP contribution < -0.4 is 4.74 Å². The molecule has 0 amide bonds. The first-order valence-electron chi connectivity index (χ1n) is 5.81. The van der Waals surface area contributed by atoms with Crippen LogP contribution in [0.3, 0.4) is 0 Å². The third kappa shape index (κ3) is 3.04. The van der Waals surface area contributed by atoms with Gasteiger partial charge in [-0.3, -0.25) is 4.79 Å². The van der Waals surface area contributed by atoms with Gasteiger partial charge in [0.1, 0.15) is 6.61 Å². The van der Waals surface area contributed by atoms with E-state index in [4.69, 9.17) is 4.74 Å². The van der Waals surface area contributed by atoms with Gasteiger partial charge in [0.15, 0.2) is 17.3 Å². The Morgan fingerprint density at radius 2 is 1.68 bits per heavy atom. The Morgan fingerprint density at radius 3 is 2.21 bits per heavy atom. The number of hydrogen-bond donors (Lipinski definition) is 2. The van der Waals surface area contributed by atoms with Crippen LogP contribution in [0.4, 0.5) is 0 Å². The van der Waals surface area contributed by atoms with E-state index in [0.717, 1.165) is 5.56 Å². The Balaban J connectivity index is 2.19. The van der Waals surface area contributed by atoms with Crippen molar-refractivity contribution >= 4 is 5.78 Å². The van der Waals surface area contributed by atoms with Gasteiger partial charge in [0, 0.05) is 5.56 Å². The number of phenols is 2. The molecule has 0 aliphatic rings. The maximum atomic E-state index is 11.2. The van der Waals surface area contributed by atoms with Crippen molar-refractivity contribution < 1.29 is 19.7 Å². The molecule has 2 rings (SSSR count). The summed E-state index contributed by atoms with van der Waals surface area (Å²) in [6.45, 7) is 1.58. The lowest BCUT2D eigenvalue weighted by molar-refractivity contribution is 0.101. The molecule has 2 aromatic rings. The summed E-state index contributed by atoms with van der Waals surface area (Å²) in [6.07, 6.45) is 0. The van der Waals surface area contributed by atoms with Crippen LogP contribution in [0, 0.1) is 0 Å². The zero-order valence-electron chi connectivity index (χ0n) is 10.5. The van der Waals surface area contributed by atoms with Crippen molar-refractivity contribution in [2.24, 2.45) is 0 Å². The second kappa shape index (κ2) is 5.44. The molecule has 0 saturated carbocycles. The molecule has 0 radical (unpaired) electrons. The lowest BCUT2D eigenvalue weighted by atomic mass is 10.1. The zero-order valence-corrected chi connectivity index (χ0v) is 10.5. The van der Waals surface area contributed by atoms with Gasteiger partial charge in [-0.25, -0.2) is 0 Å². The summed E-state index contributed by atoms with van der Waals surface area (Å²) in [5, 5.41) is 19.5. The quantitative estimate of drug-likeness (QED) is 0.827. The molecule has 19 heavy (non-hydrogen) atoms. The van der Waals surface area contributed by atoms with E-state index in [1.807, 2.05) is 30.3 Å². The highest BCUT2D eigenvalue weighted by Crippen LogP contribution is 2.37. The number of ketones is 1. The summed E-state index contributed by atoms with van der Waals surface area (Å²) in [4.78, 5) is 11.2. The largest absolute Gasteiger partial charge is 0.504 e. The standard InChI is InChI=1S/C15H14O4/c1-10(16)12-7-13(17)15(14(18)8-12)19-9-11-5-3-2-4-6-11/h2-8,17-18H,9H2,1H3. The van der Waals surface area contributed by atoms with Crippen LogP contribution in [0.2, 0.25) is 0 Å². The average molecular weight is 258 g/mol. The molecule has 0 spiro atoms. The molecule has 98 valence electrons. The number of phenolic OH excluding ortho intramolecular Hbond substituents is 2. The van der Waals surface area contributed by atoms with Gasteiger partial charge in [-0.2, -0.15) is 0 Å². The normalized spacial score (nSPS) is 10.2. The molecule has 4 heteroatoms. The van der Waals surface area contributed by atoms with Gasteiger partial charge < -0.3 is 14.9 Å². The van der Waals surface area contributed by atoms with Crippen LogP contribution in [0.5, 0.6) is 17.2 Å². The topological polar surface area (TPSA) is 66.8 Å². The summed E-state index contributed by atoms with van der Waals surface area (Å²) in [5.41, 5.74) is 1.15. The molecule has 0 bridgehead atoms. The van der Waals surface area contributed by atoms with Gasteiger partial charge in [-0.15, -0.1) is 0 Å². The maximum Gasteiger partial charge on any atom is 0.203 e. The smallest absolute Gasteiger partial charge is 0.203 e. The van der Waals surface area contributed by atoms with Crippen LogP contribution in [0.25, 0.3) is 0 Å². The van der Waals surface area contributed by atoms with E-state index in [9.17, 15) is 15.0 Å². The van der Waals surface area contributed by atoms with Crippen molar-refractivity contribution in [1.82, 2.24) is 0 Å². The highest BCUT2D eigenvalue weighted by atomic mass is 16.5. The van der Waals surface area contributed by atoms with Crippen molar-refractivity contribution in [3.63, 3.8) is 0 Å². The SMILES string of the molecule is CC(=O)c1cc(O)c(OCc2ccccc2)c(O)c1. The first-order valence-corrected chi connectivity index (χ1v) is 5.81. The van der Waals surface area contributed by atoms with Gasteiger partial charge >= 0.3 is 0 Å². The zero-order chi connectivity index (χ0) is 13.8. The van der Waals surface area contributed by atoms with E-state index in [2.05, 4.69) is 0 Å². The number of ether oxygens (including phenoxy) is 1. The summed E-state index contributed by atoms with van der Waals surface area (Å²) < 4.78 is 5.38. The fourth-order valence-corrected chi connectivity index (χ4v) is 1.68. The van der Waals surface area contributed by atoms with Gasteiger partial charge in [0.25, 0.3) is 0 Å². The second-order valence-electron chi connectivity index (χ2n) is 4.17. The Labute approximate surface area is 110 Å². The van der Waals surface area contributed by atoms with Crippen LogP contribution >= 0.6 is 0 Å². The number of carbonyl (C=O) groups is 1. The van der Waals surface area contributed by atoms with Crippen molar-refractivity contribution in [1.29, 1.82) is 0 Å². The summed E-state index contributed by atoms with van der Waals surface area (Å²) >= 11 is 0. The van der Waals surface area contributed by atoms with Gasteiger partial charge in [0.2, 0.25) is 5.75 Å². The van der Waals surface area contributed by atoms with E-state index in [0.29, 0.717) is 0 Å². The molecule has 2 aromatic carbocycles. The summed E-state index contributed by atoms with van der Waals surface area (Å²) in [5.74, 6) is -0.753. The number of hydrogen-bond acceptors (Lipinski definition) is 4. The molecule has 4 nitrogen and oxygen atoms in total. The molecule has 0 fully saturated rings. The van der Waals surface area contributed by atoms with Crippen molar-refractivity contribution in [2.45, 2.75) is 13.5 Å². The molecule has 0 unspecified atom stereocenters. The fourth-order valence-electron chi connectivity index (χ4n) is 1.68. The maximum absolute atomic E-state index is 11.2.